The van der Waals surface area contributed by atoms with Gasteiger partial charge in [0, 0.05) is 22.6 Å². The Morgan fingerprint density at radius 1 is 1.19 bits per heavy atom. The minimum absolute atomic E-state index is 0.252. The molecule has 2 rings (SSSR count). The van der Waals surface area contributed by atoms with E-state index >= 15 is 0 Å². The third-order valence-corrected chi connectivity index (χ3v) is 3.30. The monoisotopic (exact) mass is 370 g/mol. The van der Waals surface area contributed by atoms with Crippen LogP contribution in [0.25, 0.3) is 0 Å². The van der Waals surface area contributed by atoms with Crippen LogP contribution in [0.5, 0.6) is 0 Å². The van der Waals surface area contributed by atoms with Crippen molar-refractivity contribution in [3.8, 4) is 0 Å². The molecule has 0 unspecified atom stereocenters. The molecular formula is C12H11BrN4O3S. The zero-order valence-corrected chi connectivity index (χ0v) is 13.0. The van der Waals surface area contributed by atoms with Crippen LogP contribution in [-0.2, 0) is 10.2 Å². The first kappa shape index (κ1) is 15.4. The lowest BCUT2D eigenvalue weighted by Gasteiger charge is -2.08. The molecule has 0 aliphatic rings. The van der Waals surface area contributed by atoms with E-state index in [1.54, 1.807) is 24.4 Å². The predicted octanol–water partition coefficient (Wildman–Crippen LogP) is 1.71. The molecule has 1 heterocycles. The summed E-state index contributed by atoms with van der Waals surface area (Å²) >= 11 is 3.23. The Balaban J connectivity index is 2.16. The van der Waals surface area contributed by atoms with Gasteiger partial charge in [-0.3, -0.25) is 14.5 Å². The number of nitrogens with two attached hydrogens (primary N) is 1. The lowest BCUT2D eigenvalue weighted by atomic mass is 10.2. The molecule has 1 amide bonds. The first-order valence-electron chi connectivity index (χ1n) is 5.66. The van der Waals surface area contributed by atoms with Crippen LogP contribution < -0.4 is 15.2 Å². The van der Waals surface area contributed by atoms with Crippen molar-refractivity contribution in [2.24, 2.45) is 5.14 Å². The molecule has 0 saturated carbocycles. The predicted molar refractivity (Wildman–Crippen MR) is 83.1 cm³/mol. The van der Waals surface area contributed by atoms with Crippen LogP contribution in [0.1, 0.15) is 10.4 Å². The molecule has 4 N–H and O–H groups in total. The van der Waals surface area contributed by atoms with E-state index < -0.39 is 10.2 Å². The Bertz CT molecular complexity index is 780. The zero-order chi connectivity index (χ0) is 15.5. The van der Waals surface area contributed by atoms with Gasteiger partial charge in [0.25, 0.3) is 16.1 Å². The molecule has 21 heavy (non-hydrogen) atoms. The lowest BCUT2D eigenvalue weighted by molar-refractivity contribution is 0.102. The van der Waals surface area contributed by atoms with Crippen molar-refractivity contribution in [2.75, 3.05) is 10.0 Å². The highest BCUT2D eigenvalue weighted by Crippen LogP contribution is 2.17. The summed E-state index contributed by atoms with van der Waals surface area (Å²) in [6, 6.07) is 7.79. The van der Waals surface area contributed by atoms with Gasteiger partial charge in [0.1, 0.15) is 0 Å². The van der Waals surface area contributed by atoms with Crippen LogP contribution in [0.3, 0.4) is 0 Å². The summed E-state index contributed by atoms with van der Waals surface area (Å²) in [5.41, 5.74) is 1.05. The first-order chi connectivity index (χ1) is 9.83. The van der Waals surface area contributed by atoms with Gasteiger partial charge in [-0.25, -0.2) is 5.14 Å². The van der Waals surface area contributed by atoms with Gasteiger partial charge < -0.3 is 5.32 Å². The van der Waals surface area contributed by atoms with Crippen molar-refractivity contribution in [1.82, 2.24) is 4.98 Å². The van der Waals surface area contributed by atoms with E-state index in [0.717, 1.165) is 0 Å². The molecule has 0 aliphatic heterocycles. The number of aromatic nitrogens is 1. The molecule has 110 valence electrons. The molecule has 9 heteroatoms. The SMILES string of the molecule is NS(=O)(=O)Nc1cccc(NC(=O)c2cncc(Br)c2)c1. The van der Waals surface area contributed by atoms with Gasteiger partial charge in [-0.05, 0) is 40.2 Å². The lowest BCUT2D eigenvalue weighted by Crippen LogP contribution is -2.21. The average molecular weight is 371 g/mol. The first-order valence-corrected chi connectivity index (χ1v) is 8.00. The summed E-state index contributed by atoms with van der Waals surface area (Å²) in [5, 5.41) is 7.52. The van der Waals surface area contributed by atoms with E-state index in [1.165, 1.54) is 18.3 Å². The second-order valence-electron chi connectivity index (χ2n) is 4.07. The van der Waals surface area contributed by atoms with Crippen molar-refractivity contribution >= 4 is 43.4 Å². The highest BCUT2D eigenvalue weighted by molar-refractivity contribution is 9.10. The molecule has 0 fully saturated rings. The summed E-state index contributed by atoms with van der Waals surface area (Å²) in [7, 11) is -3.86. The van der Waals surface area contributed by atoms with E-state index in [2.05, 4.69) is 31.0 Å². The quantitative estimate of drug-likeness (QED) is 0.759. The Hall–Kier alpha value is -1.97. The molecule has 0 saturated heterocycles. The van der Waals surface area contributed by atoms with Crippen LogP contribution >= 0.6 is 15.9 Å². The number of pyridine rings is 1. The number of rotatable bonds is 4. The van der Waals surface area contributed by atoms with Crippen LogP contribution in [0.4, 0.5) is 11.4 Å². The fraction of sp³-hybridized carbons (Fsp3) is 0. The highest BCUT2D eigenvalue weighted by atomic mass is 79.9. The van der Waals surface area contributed by atoms with Gasteiger partial charge in [0.2, 0.25) is 0 Å². The number of hydrogen-bond donors (Lipinski definition) is 3. The van der Waals surface area contributed by atoms with E-state index in [-0.39, 0.29) is 11.6 Å². The Labute approximate surface area is 129 Å². The Morgan fingerprint density at radius 2 is 1.90 bits per heavy atom. The van der Waals surface area contributed by atoms with Gasteiger partial charge in [-0.2, -0.15) is 8.42 Å². The Morgan fingerprint density at radius 3 is 2.57 bits per heavy atom. The van der Waals surface area contributed by atoms with Crippen molar-refractivity contribution < 1.29 is 13.2 Å². The van der Waals surface area contributed by atoms with Crippen LogP contribution in [0.2, 0.25) is 0 Å². The standard InChI is InChI=1S/C12H11BrN4O3S/c13-9-4-8(6-15-7-9)12(18)16-10-2-1-3-11(5-10)17-21(14,19)20/h1-7,17H,(H,16,18)(H2,14,19,20). The third kappa shape index (κ3) is 4.81. The largest absolute Gasteiger partial charge is 0.322 e. The van der Waals surface area contributed by atoms with E-state index in [1.807, 2.05) is 0 Å². The summed E-state index contributed by atoms with van der Waals surface area (Å²) in [5.74, 6) is -0.364. The summed E-state index contributed by atoms with van der Waals surface area (Å²) < 4.78 is 24.7. The van der Waals surface area contributed by atoms with E-state index in [0.29, 0.717) is 15.7 Å². The van der Waals surface area contributed by atoms with Gasteiger partial charge in [0.15, 0.2) is 0 Å². The summed E-state index contributed by atoms with van der Waals surface area (Å²) in [4.78, 5) is 15.9. The van der Waals surface area contributed by atoms with Gasteiger partial charge in [-0.1, -0.05) is 6.07 Å². The van der Waals surface area contributed by atoms with E-state index in [9.17, 15) is 13.2 Å². The number of benzene rings is 1. The second kappa shape index (κ2) is 6.20. The number of carbonyl (C=O) groups excluding carboxylic acids is 1. The molecule has 1 aromatic carbocycles. The van der Waals surface area contributed by atoms with Crippen molar-refractivity contribution in [2.45, 2.75) is 0 Å². The number of halogens is 1. The van der Waals surface area contributed by atoms with Gasteiger partial charge >= 0.3 is 0 Å². The zero-order valence-electron chi connectivity index (χ0n) is 10.6. The molecule has 1 aromatic heterocycles. The number of hydrogen-bond acceptors (Lipinski definition) is 4. The molecule has 0 aliphatic carbocycles. The van der Waals surface area contributed by atoms with Crippen molar-refractivity contribution in [3.05, 3.63) is 52.8 Å². The van der Waals surface area contributed by atoms with Crippen LogP contribution in [0.15, 0.2) is 47.2 Å². The molecule has 2 aromatic rings. The minimum Gasteiger partial charge on any atom is -0.322 e. The average Bonchev–Trinajstić information content (AvgIpc) is 2.37. The fourth-order valence-corrected chi connectivity index (χ4v) is 2.38. The number of anilines is 2. The maximum absolute atomic E-state index is 12.0. The van der Waals surface area contributed by atoms with Gasteiger partial charge in [-0.15, -0.1) is 0 Å². The number of amides is 1. The molecule has 0 spiro atoms. The normalized spacial score (nSPS) is 11.0. The molecule has 0 atom stereocenters. The fourth-order valence-electron chi connectivity index (χ4n) is 1.56. The number of nitrogens with zero attached hydrogens (tertiary/aromatic N) is 1. The van der Waals surface area contributed by atoms with Crippen LogP contribution in [0, 0.1) is 0 Å². The molecule has 7 nitrogen and oxygen atoms in total. The van der Waals surface area contributed by atoms with Crippen molar-refractivity contribution in [3.63, 3.8) is 0 Å². The number of carbonyl (C=O) groups is 1. The maximum Gasteiger partial charge on any atom is 0.296 e. The maximum atomic E-state index is 12.0. The third-order valence-electron chi connectivity index (χ3n) is 2.35. The van der Waals surface area contributed by atoms with Crippen molar-refractivity contribution in [1.29, 1.82) is 0 Å². The molecule has 0 radical (unpaired) electrons. The number of nitrogens with one attached hydrogen (secondary N) is 2. The smallest absolute Gasteiger partial charge is 0.296 e. The molecular weight excluding hydrogens is 360 g/mol. The minimum atomic E-state index is -3.86. The highest BCUT2D eigenvalue weighted by Gasteiger charge is 2.08. The summed E-state index contributed by atoms with van der Waals surface area (Å²) in [6.45, 7) is 0. The van der Waals surface area contributed by atoms with Crippen LogP contribution in [-0.4, -0.2) is 19.3 Å². The van der Waals surface area contributed by atoms with E-state index in [4.69, 9.17) is 5.14 Å². The second-order valence-corrected chi connectivity index (χ2v) is 6.28. The Kier molecular flexibility index (Phi) is 4.56. The molecule has 0 bridgehead atoms. The van der Waals surface area contributed by atoms with Gasteiger partial charge in [0.05, 0.1) is 11.3 Å². The summed E-state index contributed by atoms with van der Waals surface area (Å²) in [6.07, 6.45) is 2.99. The topological polar surface area (TPSA) is 114 Å².